The number of aliphatic hydroxyl groups is 1. The number of benzene rings is 1. The highest BCUT2D eigenvalue weighted by atomic mass is 35.5. The molecule has 1 aromatic carbocycles. The molecule has 1 aromatic rings. The van der Waals surface area contributed by atoms with Gasteiger partial charge in [0.2, 0.25) is 5.60 Å². The number of carbonyl (C=O) groups excluding carboxylic acids is 1. The van der Waals surface area contributed by atoms with Crippen LogP contribution in [0, 0.1) is 6.92 Å². The van der Waals surface area contributed by atoms with E-state index in [4.69, 9.17) is 11.6 Å². The normalized spacial score (nSPS) is 15.1. The van der Waals surface area contributed by atoms with Crippen LogP contribution in [0.5, 0.6) is 0 Å². The van der Waals surface area contributed by atoms with E-state index in [1.807, 2.05) is 5.32 Å². The van der Waals surface area contributed by atoms with Crippen LogP contribution >= 0.6 is 11.6 Å². The Morgan fingerprint density at radius 1 is 1.39 bits per heavy atom. The van der Waals surface area contributed by atoms with Crippen molar-refractivity contribution < 1.29 is 23.1 Å². The van der Waals surface area contributed by atoms with E-state index in [0.717, 1.165) is 0 Å². The van der Waals surface area contributed by atoms with Crippen molar-refractivity contribution in [2.75, 3.05) is 5.32 Å². The molecule has 0 aliphatic rings. The van der Waals surface area contributed by atoms with Gasteiger partial charge in [-0.1, -0.05) is 17.7 Å². The van der Waals surface area contributed by atoms with E-state index in [0.29, 0.717) is 17.5 Å². The van der Waals surface area contributed by atoms with Gasteiger partial charge in [0, 0.05) is 10.7 Å². The predicted octanol–water partition coefficient (Wildman–Crippen LogP) is 2.90. The van der Waals surface area contributed by atoms with Gasteiger partial charge in [-0.25, -0.2) is 0 Å². The van der Waals surface area contributed by atoms with Gasteiger partial charge in [0.1, 0.15) is 0 Å². The maximum absolute atomic E-state index is 12.4. The van der Waals surface area contributed by atoms with Gasteiger partial charge < -0.3 is 10.4 Å². The molecule has 100 valence electrons. The van der Waals surface area contributed by atoms with E-state index in [1.54, 1.807) is 6.92 Å². The molecule has 0 bridgehead atoms. The molecule has 0 aliphatic carbocycles. The van der Waals surface area contributed by atoms with Crippen molar-refractivity contribution in [1.29, 1.82) is 0 Å². The van der Waals surface area contributed by atoms with Crippen LogP contribution in [0.15, 0.2) is 18.2 Å². The number of halogens is 4. The highest BCUT2D eigenvalue weighted by Crippen LogP contribution is 2.32. The van der Waals surface area contributed by atoms with Crippen molar-refractivity contribution in [3.8, 4) is 0 Å². The Labute approximate surface area is 107 Å². The van der Waals surface area contributed by atoms with Crippen molar-refractivity contribution in [1.82, 2.24) is 0 Å². The SMILES string of the molecule is Cc1c(Cl)cccc1NC(=O)C(C)(O)C(F)(F)F. The van der Waals surface area contributed by atoms with Crippen LogP contribution in [0.4, 0.5) is 18.9 Å². The van der Waals surface area contributed by atoms with Crippen molar-refractivity contribution in [3.05, 3.63) is 28.8 Å². The first-order valence-corrected chi connectivity index (χ1v) is 5.31. The van der Waals surface area contributed by atoms with E-state index < -0.39 is 17.7 Å². The number of anilines is 1. The van der Waals surface area contributed by atoms with E-state index in [9.17, 15) is 23.1 Å². The molecule has 2 N–H and O–H groups in total. The average molecular weight is 282 g/mol. The number of hydrogen-bond acceptors (Lipinski definition) is 2. The fourth-order valence-corrected chi connectivity index (χ4v) is 1.29. The van der Waals surface area contributed by atoms with Gasteiger partial charge in [0.25, 0.3) is 5.91 Å². The molecule has 0 heterocycles. The van der Waals surface area contributed by atoms with Crippen LogP contribution < -0.4 is 5.32 Å². The first-order chi connectivity index (χ1) is 8.07. The lowest BCUT2D eigenvalue weighted by Gasteiger charge is -2.25. The minimum Gasteiger partial charge on any atom is -0.373 e. The molecule has 0 aliphatic heterocycles. The Morgan fingerprint density at radius 3 is 2.44 bits per heavy atom. The lowest BCUT2D eigenvalue weighted by Crippen LogP contribution is -2.52. The molecule has 0 radical (unpaired) electrons. The van der Waals surface area contributed by atoms with Gasteiger partial charge in [0.05, 0.1) is 0 Å². The molecular weight excluding hydrogens is 271 g/mol. The van der Waals surface area contributed by atoms with Crippen LogP contribution in [0.1, 0.15) is 12.5 Å². The van der Waals surface area contributed by atoms with E-state index in [1.165, 1.54) is 18.2 Å². The maximum atomic E-state index is 12.4. The maximum Gasteiger partial charge on any atom is 0.426 e. The largest absolute Gasteiger partial charge is 0.426 e. The molecular formula is C11H11ClF3NO2. The van der Waals surface area contributed by atoms with Gasteiger partial charge in [-0.3, -0.25) is 4.79 Å². The Balaban J connectivity index is 2.99. The van der Waals surface area contributed by atoms with Crippen molar-refractivity contribution in [3.63, 3.8) is 0 Å². The minimum absolute atomic E-state index is 0.122. The second kappa shape index (κ2) is 4.78. The molecule has 0 saturated carbocycles. The topological polar surface area (TPSA) is 49.3 Å². The van der Waals surface area contributed by atoms with Gasteiger partial charge in [-0.15, -0.1) is 0 Å². The smallest absolute Gasteiger partial charge is 0.373 e. The zero-order chi connectivity index (χ0) is 14.1. The first kappa shape index (κ1) is 14.8. The van der Waals surface area contributed by atoms with E-state index >= 15 is 0 Å². The van der Waals surface area contributed by atoms with Crippen LogP contribution in [-0.2, 0) is 4.79 Å². The molecule has 3 nitrogen and oxygen atoms in total. The first-order valence-electron chi connectivity index (χ1n) is 4.93. The van der Waals surface area contributed by atoms with Crippen LogP contribution in [0.2, 0.25) is 5.02 Å². The summed E-state index contributed by atoms with van der Waals surface area (Å²) in [5.74, 6) is -1.56. The van der Waals surface area contributed by atoms with Crippen molar-refractivity contribution in [2.24, 2.45) is 0 Å². The second-order valence-electron chi connectivity index (χ2n) is 3.94. The quantitative estimate of drug-likeness (QED) is 0.876. The lowest BCUT2D eigenvalue weighted by molar-refractivity contribution is -0.242. The molecule has 0 aromatic heterocycles. The Bertz CT molecular complexity index is 472. The minimum atomic E-state index is -5.05. The molecule has 1 rings (SSSR count). The summed E-state index contributed by atoms with van der Waals surface area (Å²) in [4.78, 5) is 11.4. The number of carbonyl (C=O) groups is 1. The number of amides is 1. The van der Waals surface area contributed by atoms with Crippen LogP contribution in [0.25, 0.3) is 0 Å². The second-order valence-corrected chi connectivity index (χ2v) is 4.34. The fraction of sp³-hybridized carbons (Fsp3) is 0.364. The monoisotopic (exact) mass is 281 g/mol. The van der Waals surface area contributed by atoms with Gasteiger partial charge in [-0.05, 0) is 31.5 Å². The van der Waals surface area contributed by atoms with E-state index in [-0.39, 0.29) is 5.69 Å². The summed E-state index contributed by atoms with van der Waals surface area (Å²) < 4.78 is 37.3. The average Bonchev–Trinajstić information content (AvgIpc) is 2.23. The summed E-state index contributed by atoms with van der Waals surface area (Å²) >= 11 is 5.77. The van der Waals surface area contributed by atoms with E-state index in [2.05, 4.69) is 0 Å². The standard InChI is InChI=1S/C11H11ClF3NO2/c1-6-7(12)4-3-5-8(6)16-9(17)10(2,18)11(13,14)15/h3-5,18H,1-2H3,(H,16,17). The summed E-state index contributed by atoms with van der Waals surface area (Å²) in [6.07, 6.45) is -5.05. The zero-order valence-corrected chi connectivity index (χ0v) is 10.4. The summed E-state index contributed by atoms with van der Waals surface area (Å²) in [6, 6.07) is 4.41. The van der Waals surface area contributed by atoms with Gasteiger partial charge in [0.15, 0.2) is 0 Å². The number of hydrogen-bond donors (Lipinski definition) is 2. The molecule has 0 spiro atoms. The van der Waals surface area contributed by atoms with Gasteiger partial charge in [-0.2, -0.15) is 13.2 Å². The summed E-state index contributed by atoms with van der Waals surface area (Å²) in [7, 11) is 0. The third-order valence-corrected chi connectivity index (χ3v) is 2.92. The third-order valence-electron chi connectivity index (χ3n) is 2.51. The molecule has 18 heavy (non-hydrogen) atoms. The fourth-order valence-electron chi connectivity index (χ4n) is 1.12. The van der Waals surface area contributed by atoms with Gasteiger partial charge >= 0.3 is 6.18 Å². The number of alkyl halides is 3. The summed E-state index contributed by atoms with van der Waals surface area (Å²) in [5.41, 5.74) is -2.91. The molecule has 0 fully saturated rings. The summed E-state index contributed by atoms with van der Waals surface area (Å²) in [5, 5.41) is 11.5. The van der Waals surface area contributed by atoms with Crippen molar-refractivity contribution >= 4 is 23.2 Å². The summed E-state index contributed by atoms with van der Waals surface area (Å²) in [6.45, 7) is 1.93. The Kier molecular flexibility index (Phi) is 3.92. The zero-order valence-electron chi connectivity index (χ0n) is 9.60. The molecule has 7 heteroatoms. The number of rotatable bonds is 2. The highest BCUT2D eigenvalue weighted by molar-refractivity contribution is 6.31. The van der Waals surface area contributed by atoms with Crippen LogP contribution in [0.3, 0.4) is 0 Å². The Hall–Kier alpha value is -1.27. The predicted molar refractivity (Wildman–Crippen MR) is 61.5 cm³/mol. The third kappa shape index (κ3) is 2.76. The molecule has 1 atom stereocenters. The van der Waals surface area contributed by atoms with Crippen molar-refractivity contribution in [2.45, 2.75) is 25.6 Å². The molecule has 1 amide bonds. The molecule has 0 saturated heterocycles. The highest BCUT2D eigenvalue weighted by Gasteiger charge is 2.55. The molecule has 1 unspecified atom stereocenters. The van der Waals surface area contributed by atoms with Crippen LogP contribution in [-0.4, -0.2) is 22.8 Å². The Morgan fingerprint density at radius 2 is 1.94 bits per heavy atom. The number of nitrogens with one attached hydrogen (secondary N) is 1. The lowest BCUT2D eigenvalue weighted by atomic mass is 10.1.